The van der Waals surface area contributed by atoms with Gasteiger partial charge >= 0.3 is 0 Å². The minimum absolute atomic E-state index is 0.591. The van der Waals surface area contributed by atoms with Gasteiger partial charge in [-0.15, -0.1) is 0 Å². The second-order valence-electron chi connectivity index (χ2n) is 15.1. The molecule has 0 saturated heterocycles. The minimum Gasteiger partial charge on any atom is -0.208 e. The van der Waals surface area contributed by atoms with Gasteiger partial charge in [0.05, 0.1) is 11.6 Å². The van der Waals surface area contributed by atoms with E-state index in [4.69, 9.17) is 15.0 Å². The van der Waals surface area contributed by atoms with Crippen LogP contribution in [0.2, 0.25) is 0 Å². The number of hydrogen-bond acceptors (Lipinski definition) is 4. The lowest BCUT2D eigenvalue weighted by Crippen LogP contribution is -2.00. The van der Waals surface area contributed by atoms with Crippen LogP contribution < -0.4 is 0 Å². The molecule has 11 aromatic carbocycles. The Bertz CT molecular complexity index is 3690. The van der Waals surface area contributed by atoms with Crippen molar-refractivity contribution in [2.45, 2.75) is 0 Å². The quantitative estimate of drug-likeness (QED) is 0.169. The van der Waals surface area contributed by atoms with Crippen molar-refractivity contribution in [1.29, 1.82) is 5.26 Å². The molecule has 0 aliphatic carbocycles. The Kier molecular flexibility index (Phi) is 6.96. The molecule has 0 amide bonds. The van der Waals surface area contributed by atoms with Gasteiger partial charge in [-0.25, -0.2) is 15.0 Å². The number of nitriles is 1. The van der Waals surface area contributed by atoms with E-state index in [-0.39, 0.29) is 0 Å². The van der Waals surface area contributed by atoms with Crippen molar-refractivity contribution in [1.82, 2.24) is 15.0 Å². The summed E-state index contributed by atoms with van der Waals surface area (Å²) < 4.78 is 0. The molecule has 0 radical (unpaired) electrons. The predicted octanol–water partition coefficient (Wildman–Crippen LogP) is 13.9. The molecule has 12 aromatic rings. The SMILES string of the molecule is N#Cc1ccc(-c2cccc(-c3nc(-c4ccc5ccccc5c4)nc(-c4cc5ccc6cccc7c8cccc9ccc%10cccc(c(c4)c5c67)c%10c98)n3)c2)cc1. The lowest BCUT2D eigenvalue weighted by atomic mass is 9.87. The molecule has 0 N–H and O–H groups in total. The standard InChI is InChI=1S/C54H30N4/c55-31-32-17-19-34(20-18-32)39-12-3-13-41(27-39)52-56-53(42-26-21-33-7-1-2-8-38(33)28-42)58-54(57-52)43-29-40-25-24-37-10-5-15-45-44-14-4-9-35-22-23-36-11-6-16-46(50(36)48(35)44)47(30-43)51(40)49(37)45/h1-30H. The molecule has 0 fully saturated rings. The lowest BCUT2D eigenvalue weighted by molar-refractivity contribution is 1.08. The Labute approximate surface area is 333 Å². The van der Waals surface area contributed by atoms with Crippen LogP contribution in [-0.2, 0) is 0 Å². The first-order chi connectivity index (χ1) is 28.7. The zero-order chi connectivity index (χ0) is 38.3. The van der Waals surface area contributed by atoms with Gasteiger partial charge in [0.25, 0.3) is 0 Å². The Morgan fingerprint density at radius 1 is 0.293 bits per heavy atom. The summed E-state index contributed by atoms with van der Waals surface area (Å²) >= 11 is 0. The topological polar surface area (TPSA) is 62.5 Å². The Morgan fingerprint density at radius 3 is 1.38 bits per heavy atom. The first-order valence-corrected chi connectivity index (χ1v) is 19.5. The second kappa shape index (κ2) is 12.5. The van der Waals surface area contributed by atoms with E-state index in [1.807, 2.05) is 30.3 Å². The molecule has 0 unspecified atom stereocenters. The third kappa shape index (κ3) is 4.97. The molecule has 0 saturated carbocycles. The number of benzene rings is 10. The summed E-state index contributed by atoms with van der Waals surface area (Å²) in [5.41, 5.74) is 5.39. The Morgan fingerprint density at radius 2 is 0.741 bits per heavy atom. The number of fused-ring (bicyclic) bond motifs is 3. The van der Waals surface area contributed by atoms with Crippen LogP contribution in [0.4, 0.5) is 0 Å². The Hall–Kier alpha value is -8.00. The van der Waals surface area contributed by atoms with Crippen molar-refractivity contribution in [3.63, 3.8) is 0 Å². The highest BCUT2D eigenvalue weighted by Crippen LogP contribution is 2.44. The van der Waals surface area contributed by atoms with Gasteiger partial charge in [0.1, 0.15) is 0 Å². The van der Waals surface area contributed by atoms with Crippen LogP contribution in [-0.4, -0.2) is 15.0 Å². The highest BCUT2D eigenvalue weighted by Gasteiger charge is 2.19. The van der Waals surface area contributed by atoms with Crippen LogP contribution in [0.5, 0.6) is 0 Å². The summed E-state index contributed by atoms with van der Waals surface area (Å²) in [6.07, 6.45) is 0. The molecule has 58 heavy (non-hydrogen) atoms. The fourth-order valence-corrected chi connectivity index (χ4v) is 9.08. The van der Waals surface area contributed by atoms with Crippen LogP contribution in [0, 0.1) is 11.3 Å². The van der Waals surface area contributed by atoms with E-state index in [2.05, 4.69) is 158 Å². The fraction of sp³-hybridized carbons (Fsp3) is 0. The van der Waals surface area contributed by atoms with Gasteiger partial charge in [-0.1, -0.05) is 146 Å². The molecule has 0 spiro atoms. The molecular formula is C54H30N4. The first-order valence-electron chi connectivity index (χ1n) is 19.5. The van der Waals surface area contributed by atoms with Crippen LogP contribution in [0.15, 0.2) is 182 Å². The monoisotopic (exact) mass is 734 g/mol. The minimum atomic E-state index is 0.591. The van der Waals surface area contributed by atoms with Gasteiger partial charge in [0, 0.05) is 16.7 Å². The summed E-state index contributed by atoms with van der Waals surface area (Å²) in [4.78, 5) is 15.7. The van der Waals surface area contributed by atoms with Crippen LogP contribution in [0.3, 0.4) is 0 Å². The maximum atomic E-state index is 9.40. The molecule has 0 bridgehead atoms. The van der Waals surface area contributed by atoms with E-state index >= 15 is 0 Å². The van der Waals surface area contributed by atoms with Gasteiger partial charge in [0.2, 0.25) is 0 Å². The predicted molar refractivity (Wildman–Crippen MR) is 240 cm³/mol. The molecule has 1 heterocycles. The molecule has 4 nitrogen and oxygen atoms in total. The zero-order valence-electron chi connectivity index (χ0n) is 31.1. The normalized spacial score (nSPS) is 11.8. The summed E-state index contributed by atoms with van der Waals surface area (Å²) in [7, 11) is 0. The van der Waals surface area contributed by atoms with Gasteiger partial charge < -0.3 is 0 Å². The summed E-state index contributed by atoms with van der Waals surface area (Å²) in [6, 6.07) is 66.6. The van der Waals surface area contributed by atoms with Gasteiger partial charge in [0.15, 0.2) is 17.5 Å². The highest BCUT2D eigenvalue weighted by atomic mass is 15.0. The summed E-state index contributed by atoms with van der Waals surface area (Å²) in [5, 5.41) is 26.4. The van der Waals surface area contributed by atoms with E-state index in [0.717, 1.165) is 49.4 Å². The van der Waals surface area contributed by atoms with E-state index in [1.165, 1.54) is 53.9 Å². The second-order valence-corrected chi connectivity index (χ2v) is 15.1. The maximum Gasteiger partial charge on any atom is 0.164 e. The van der Waals surface area contributed by atoms with Crippen LogP contribution in [0.25, 0.3) is 121 Å². The molecule has 266 valence electrons. The first kappa shape index (κ1) is 32.3. The number of hydrogen-bond donors (Lipinski definition) is 0. The van der Waals surface area contributed by atoms with Crippen molar-refractivity contribution in [2.24, 2.45) is 0 Å². The molecule has 4 heteroatoms. The van der Waals surface area contributed by atoms with Gasteiger partial charge in [-0.2, -0.15) is 5.26 Å². The van der Waals surface area contributed by atoms with E-state index in [9.17, 15) is 5.26 Å². The van der Waals surface area contributed by atoms with E-state index in [0.29, 0.717) is 23.0 Å². The number of aromatic nitrogens is 3. The smallest absolute Gasteiger partial charge is 0.164 e. The maximum absolute atomic E-state index is 9.40. The largest absolute Gasteiger partial charge is 0.208 e. The molecule has 0 atom stereocenters. The molecule has 12 rings (SSSR count). The molecule has 1 aromatic heterocycles. The average Bonchev–Trinajstić information content (AvgIpc) is 3.29. The molecule has 0 aliphatic rings. The average molecular weight is 735 g/mol. The highest BCUT2D eigenvalue weighted by molar-refractivity contribution is 6.37. The number of rotatable bonds is 4. The van der Waals surface area contributed by atoms with Crippen molar-refractivity contribution >= 4 is 75.4 Å². The third-order valence-electron chi connectivity index (χ3n) is 11.8. The molecular weight excluding hydrogens is 705 g/mol. The molecule has 0 aliphatic heterocycles. The van der Waals surface area contributed by atoms with E-state index < -0.39 is 0 Å². The van der Waals surface area contributed by atoms with E-state index in [1.54, 1.807) is 0 Å². The zero-order valence-corrected chi connectivity index (χ0v) is 31.1. The summed E-state index contributed by atoms with van der Waals surface area (Å²) in [6.45, 7) is 0. The van der Waals surface area contributed by atoms with Crippen molar-refractivity contribution in [2.75, 3.05) is 0 Å². The van der Waals surface area contributed by atoms with Crippen molar-refractivity contribution < 1.29 is 0 Å². The van der Waals surface area contributed by atoms with Crippen molar-refractivity contribution in [3.05, 3.63) is 188 Å². The third-order valence-corrected chi connectivity index (χ3v) is 11.8. The van der Waals surface area contributed by atoms with Crippen LogP contribution in [0.1, 0.15) is 5.56 Å². The van der Waals surface area contributed by atoms with Gasteiger partial charge in [-0.3, -0.25) is 0 Å². The van der Waals surface area contributed by atoms with Crippen LogP contribution >= 0.6 is 0 Å². The fourth-order valence-electron chi connectivity index (χ4n) is 9.08. The summed E-state index contributed by atoms with van der Waals surface area (Å²) in [5.74, 6) is 1.81. The Balaban J connectivity index is 1.16. The van der Waals surface area contributed by atoms with Gasteiger partial charge in [-0.05, 0) is 123 Å². The lowest BCUT2D eigenvalue weighted by Gasteiger charge is -2.17. The number of nitrogens with zero attached hydrogens (tertiary/aromatic N) is 4. The van der Waals surface area contributed by atoms with Crippen molar-refractivity contribution in [3.8, 4) is 51.4 Å².